The number of carbonyl (C=O) groups is 3. The second-order valence-corrected chi connectivity index (χ2v) is 20.9. The zero-order valence-corrected chi connectivity index (χ0v) is 52.9. The fraction of sp³-hybridized carbons (Fsp3) is 0.545. The fourth-order valence-corrected chi connectivity index (χ4v) is 8.24. The van der Waals surface area contributed by atoms with Gasteiger partial charge in [-0.1, -0.05) is 279 Å². The predicted molar refractivity (Wildman–Crippen MR) is 361 cm³/mol. The molecule has 6 heteroatoms. The third-order valence-corrected chi connectivity index (χ3v) is 13.1. The Morgan fingerprint density at radius 1 is 0.265 bits per heavy atom. The van der Waals surface area contributed by atoms with Crippen LogP contribution < -0.4 is 0 Å². The van der Waals surface area contributed by atoms with Gasteiger partial charge >= 0.3 is 17.9 Å². The molecule has 462 valence electrons. The highest BCUT2D eigenvalue weighted by Crippen LogP contribution is 2.14. The third-order valence-electron chi connectivity index (χ3n) is 13.1. The molecule has 0 N–H and O–H groups in total. The Labute approximate surface area is 509 Å². The summed E-state index contributed by atoms with van der Waals surface area (Å²) in [5, 5.41) is 0. The lowest BCUT2D eigenvalue weighted by Crippen LogP contribution is -2.30. The summed E-state index contributed by atoms with van der Waals surface area (Å²) < 4.78 is 16.8. The van der Waals surface area contributed by atoms with Crippen molar-refractivity contribution in [2.75, 3.05) is 13.2 Å². The zero-order valence-electron chi connectivity index (χ0n) is 52.9. The van der Waals surface area contributed by atoms with Gasteiger partial charge in [0.1, 0.15) is 13.2 Å². The zero-order chi connectivity index (χ0) is 59.9. The Kier molecular flexibility index (Phi) is 64.0. The average Bonchev–Trinajstić information content (AvgIpc) is 3.49. The van der Waals surface area contributed by atoms with Crippen LogP contribution in [0.1, 0.15) is 252 Å². The summed E-state index contributed by atoms with van der Waals surface area (Å²) >= 11 is 0. The van der Waals surface area contributed by atoms with Gasteiger partial charge in [-0.3, -0.25) is 14.4 Å². The van der Waals surface area contributed by atoms with Gasteiger partial charge in [0.2, 0.25) is 0 Å². The van der Waals surface area contributed by atoms with Gasteiger partial charge in [-0.2, -0.15) is 0 Å². The van der Waals surface area contributed by atoms with Gasteiger partial charge < -0.3 is 14.2 Å². The van der Waals surface area contributed by atoms with E-state index in [1.807, 2.05) is 6.08 Å². The van der Waals surface area contributed by atoms with Crippen LogP contribution in [-0.4, -0.2) is 37.2 Å². The summed E-state index contributed by atoms with van der Waals surface area (Å²) in [5.74, 6) is -1.11. The number of hydrogen-bond acceptors (Lipinski definition) is 6. The molecule has 0 spiro atoms. The molecule has 0 saturated carbocycles. The van der Waals surface area contributed by atoms with Crippen molar-refractivity contribution in [1.82, 2.24) is 0 Å². The molecule has 83 heavy (non-hydrogen) atoms. The van der Waals surface area contributed by atoms with Crippen molar-refractivity contribution in [2.45, 2.75) is 258 Å². The summed E-state index contributed by atoms with van der Waals surface area (Å²) in [6.07, 6.45) is 105. The van der Waals surface area contributed by atoms with Crippen molar-refractivity contribution in [3.8, 4) is 0 Å². The van der Waals surface area contributed by atoms with E-state index in [2.05, 4.69) is 203 Å². The monoisotopic (exact) mass is 1140 g/mol. The van der Waals surface area contributed by atoms with Gasteiger partial charge in [0.05, 0.1) is 6.42 Å². The topological polar surface area (TPSA) is 78.9 Å². The molecular weight excluding hydrogens is 1020 g/mol. The van der Waals surface area contributed by atoms with E-state index in [4.69, 9.17) is 14.2 Å². The molecule has 0 aromatic rings. The van der Waals surface area contributed by atoms with Crippen LogP contribution in [0, 0.1) is 0 Å². The molecule has 1 unspecified atom stereocenters. The number of unbranched alkanes of at least 4 members (excludes halogenated alkanes) is 15. The van der Waals surface area contributed by atoms with Crippen molar-refractivity contribution in [3.63, 3.8) is 0 Å². The van der Waals surface area contributed by atoms with E-state index < -0.39 is 12.1 Å². The third kappa shape index (κ3) is 66.9. The van der Waals surface area contributed by atoms with Crippen LogP contribution in [0.15, 0.2) is 194 Å². The molecule has 0 aliphatic carbocycles. The van der Waals surface area contributed by atoms with Gasteiger partial charge in [-0.05, 0) is 148 Å². The predicted octanol–water partition coefficient (Wildman–Crippen LogP) is 23.0. The van der Waals surface area contributed by atoms with Crippen molar-refractivity contribution in [1.29, 1.82) is 0 Å². The van der Waals surface area contributed by atoms with E-state index in [1.54, 1.807) is 6.08 Å². The molecule has 0 aromatic heterocycles. The first kappa shape index (κ1) is 77.2. The number of hydrogen-bond donors (Lipinski definition) is 0. The second kappa shape index (κ2) is 68.7. The SMILES string of the molecule is CC/C=C\C/C=C\C/C=C\C/C=C\C/C=C\C/C=C\C/C=C\C/C=C\C/C=C\CCCCCC(=O)OCC(COC(=O)C/C=C\C/C=C\C/C=C\C/C=C\C/C=C\CC)OC(=O)CCCCCCCCCCC/C=C\C/C=C\CCCCC. The van der Waals surface area contributed by atoms with Gasteiger partial charge in [0.25, 0.3) is 0 Å². The lowest BCUT2D eigenvalue weighted by Gasteiger charge is -2.18. The molecule has 0 bridgehead atoms. The first-order chi connectivity index (χ1) is 41.0. The number of ether oxygens (including phenoxy) is 3. The maximum absolute atomic E-state index is 12.9. The quantitative estimate of drug-likeness (QED) is 0.0261. The molecule has 0 saturated heterocycles. The number of carbonyl (C=O) groups excluding carboxylic acids is 3. The van der Waals surface area contributed by atoms with Crippen LogP contribution in [0.3, 0.4) is 0 Å². The van der Waals surface area contributed by atoms with Crippen LogP contribution in [0.5, 0.6) is 0 Å². The smallest absolute Gasteiger partial charge is 0.309 e. The summed E-state index contributed by atoms with van der Waals surface area (Å²) in [4.78, 5) is 38.3. The van der Waals surface area contributed by atoms with Gasteiger partial charge in [-0.25, -0.2) is 0 Å². The molecular formula is C77H118O6. The van der Waals surface area contributed by atoms with Gasteiger partial charge in [-0.15, -0.1) is 0 Å². The van der Waals surface area contributed by atoms with E-state index in [1.165, 1.54) is 70.6 Å². The van der Waals surface area contributed by atoms with Gasteiger partial charge in [0.15, 0.2) is 6.10 Å². The van der Waals surface area contributed by atoms with E-state index in [9.17, 15) is 14.4 Å². The minimum absolute atomic E-state index is 0.110. The molecule has 6 nitrogen and oxygen atoms in total. The largest absolute Gasteiger partial charge is 0.462 e. The van der Waals surface area contributed by atoms with E-state index >= 15 is 0 Å². The Morgan fingerprint density at radius 2 is 0.518 bits per heavy atom. The second-order valence-electron chi connectivity index (χ2n) is 20.9. The summed E-state index contributed by atoms with van der Waals surface area (Å²) in [5.41, 5.74) is 0. The Bertz CT molecular complexity index is 1990. The lowest BCUT2D eigenvalue weighted by molar-refractivity contribution is -0.166. The van der Waals surface area contributed by atoms with E-state index in [0.717, 1.165) is 141 Å². The van der Waals surface area contributed by atoms with Crippen LogP contribution in [0.25, 0.3) is 0 Å². The minimum atomic E-state index is -0.847. The molecule has 1 atom stereocenters. The lowest BCUT2D eigenvalue weighted by atomic mass is 10.1. The van der Waals surface area contributed by atoms with Crippen LogP contribution in [-0.2, 0) is 28.6 Å². The first-order valence-corrected chi connectivity index (χ1v) is 32.9. The van der Waals surface area contributed by atoms with Crippen LogP contribution >= 0.6 is 0 Å². The van der Waals surface area contributed by atoms with E-state index in [0.29, 0.717) is 6.42 Å². The minimum Gasteiger partial charge on any atom is -0.462 e. The average molecular weight is 1140 g/mol. The van der Waals surface area contributed by atoms with Gasteiger partial charge in [0, 0.05) is 12.8 Å². The van der Waals surface area contributed by atoms with Crippen molar-refractivity contribution in [3.05, 3.63) is 194 Å². The molecule has 0 amide bonds. The molecule has 0 fully saturated rings. The normalized spacial score (nSPS) is 13.4. The first-order valence-electron chi connectivity index (χ1n) is 32.9. The number of esters is 3. The molecule has 0 aromatic carbocycles. The van der Waals surface area contributed by atoms with Crippen molar-refractivity contribution < 1.29 is 28.6 Å². The summed E-state index contributed by atoms with van der Waals surface area (Å²) in [6.45, 7) is 6.26. The molecule has 0 radical (unpaired) electrons. The summed E-state index contributed by atoms with van der Waals surface area (Å²) in [7, 11) is 0. The fourth-order valence-electron chi connectivity index (χ4n) is 8.24. The Balaban J connectivity index is 4.51. The highest BCUT2D eigenvalue weighted by molar-refractivity contribution is 5.72. The molecule has 0 heterocycles. The molecule has 0 aliphatic rings. The number of allylic oxidation sites excluding steroid dienone is 31. The van der Waals surface area contributed by atoms with Crippen molar-refractivity contribution >= 4 is 17.9 Å². The highest BCUT2D eigenvalue weighted by Gasteiger charge is 2.19. The highest BCUT2D eigenvalue weighted by atomic mass is 16.6. The maximum atomic E-state index is 12.9. The molecule has 0 rings (SSSR count). The van der Waals surface area contributed by atoms with E-state index in [-0.39, 0.29) is 38.0 Å². The van der Waals surface area contributed by atoms with Crippen LogP contribution in [0.2, 0.25) is 0 Å². The Hall–Kier alpha value is -5.75. The molecule has 0 aliphatic heterocycles. The standard InChI is InChI=1S/C77H118O6/c1-4-7-10-13-16-19-22-25-28-30-32-33-34-35-36-37-38-39-40-41-42-43-45-46-49-52-55-58-61-64-67-70-76(79)82-73-74(72-81-75(78)69-66-63-60-57-54-51-48-27-24-21-18-15-12-9-6-3)83-77(80)71-68-65-62-59-56-53-50-47-44-31-29-26-23-20-17-14-11-8-5-2/h7,9-10,12,16-21,25-29,32-33,35-36,38-39,41-42,45-46,48,52,54-55,57,63,66,74H,4-6,8,11,13-15,22-24,30-31,34,37,40,43-44,47,49-51,53,56,58-62,64-65,67-73H2,1-3H3/b10-7-,12-9-,19-16-,20-17-,21-18-,28-25-,29-26-,33-32-,36-35-,39-38-,42-41-,46-45-,48-27-,55-52-,57-54-,66-63-. The summed E-state index contributed by atoms with van der Waals surface area (Å²) in [6, 6.07) is 0. The van der Waals surface area contributed by atoms with Crippen molar-refractivity contribution in [2.24, 2.45) is 0 Å². The van der Waals surface area contributed by atoms with Crippen LogP contribution in [0.4, 0.5) is 0 Å². The maximum Gasteiger partial charge on any atom is 0.309 e. The number of rotatable bonds is 57. The Morgan fingerprint density at radius 3 is 0.855 bits per heavy atom.